The predicted molar refractivity (Wildman–Crippen MR) is 120 cm³/mol. The second kappa shape index (κ2) is 6.99. The van der Waals surface area contributed by atoms with Gasteiger partial charge >= 0.3 is 6.18 Å². The first-order chi connectivity index (χ1) is 16.6. The van der Waals surface area contributed by atoms with E-state index in [1.165, 1.54) is 0 Å². The van der Waals surface area contributed by atoms with E-state index < -0.39 is 17.0 Å². The van der Waals surface area contributed by atoms with Crippen molar-refractivity contribution in [2.45, 2.75) is 94.6 Å². The molecule has 0 N–H and O–H groups in total. The molecule has 1 aliphatic heterocycles. The summed E-state index contributed by atoms with van der Waals surface area (Å²) in [6, 6.07) is 0.502. The number of aryl methyl sites for hydroxylation is 1. The minimum absolute atomic E-state index is 0.00202. The average Bonchev–Trinajstić information content (AvgIpc) is 3.46. The lowest BCUT2D eigenvalue weighted by Gasteiger charge is -2.70. The number of halogens is 3. The Morgan fingerprint density at radius 3 is 2.54 bits per heavy atom. The van der Waals surface area contributed by atoms with E-state index in [4.69, 9.17) is 14.7 Å². The van der Waals surface area contributed by atoms with Gasteiger partial charge in [0.1, 0.15) is 11.3 Å². The van der Waals surface area contributed by atoms with Crippen LogP contribution in [0.1, 0.15) is 92.7 Å². The molecule has 5 fully saturated rings. The molecule has 0 spiro atoms. The fraction of sp³-hybridized carbons (Fsp3) is 0.640. The number of ether oxygens (including phenoxy) is 1. The van der Waals surface area contributed by atoms with Gasteiger partial charge in [0.25, 0.3) is 0 Å². The molecule has 0 aromatic carbocycles. The van der Waals surface area contributed by atoms with Crippen LogP contribution in [-0.2, 0) is 10.2 Å². The molecule has 3 aromatic rings. The van der Waals surface area contributed by atoms with E-state index in [-0.39, 0.29) is 37.4 Å². The molecule has 3 aromatic heterocycles. The van der Waals surface area contributed by atoms with Crippen molar-refractivity contribution in [3.63, 3.8) is 0 Å². The third-order valence-corrected chi connectivity index (χ3v) is 8.47. The monoisotopic (exact) mass is 484 g/mol. The first-order valence-corrected chi connectivity index (χ1v) is 12.4. The van der Waals surface area contributed by atoms with E-state index in [1.54, 1.807) is 6.20 Å². The minimum atomic E-state index is -4.17. The molecule has 10 heteroatoms. The highest BCUT2D eigenvalue weighted by molar-refractivity contribution is 5.75. The lowest BCUT2D eigenvalue weighted by molar-refractivity contribution is -0.337. The summed E-state index contributed by atoms with van der Waals surface area (Å²) in [4.78, 5) is 18.9. The molecular weight excluding hydrogens is 457 g/mol. The highest BCUT2D eigenvalue weighted by Gasteiger charge is 2.79. The Morgan fingerprint density at radius 2 is 1.83 bits per heavy atom. The van der Waals surface area contributed by atoms with E-state index in [9.17, 15) is 13.2 Å². The summed E-state index contributed by atoms with van der Waals surface area (Å²) in [6.07, 6.45) is 5.34. The van der Waals surface area contributed by atoms with Crippen molar-refractivity contribution in [2.24, 2.45) is 5.41 Å². The summed E-state index contributed by atoms with van der Waals surface area (Å²) >= 11 is 0. The highest BCUT2D eigenvalue weighted by Crippen LogP contribution is 2.78. The van der Waals surface area contributed by atoms with Crippen molar-refractivity contribution in [1.29, 1.82) is 0 Å². The van der Waals surface area contributed by atoms with Gasteiger partial charge in [-0.3, -0.25) is 4.68 Å². The van der Waals surface area contributed by atoms with Gasteiger partial charge in [-0.05, 0) is 58.8 Å². The van der Waals surface area contributed by atoms with Crippen LogP contribution in [0.25, 0.3) is 11.2 Å². The maximum Gasteiger partial charge on any atom is 0.394 e. The zero-order valence-electron chi connectivity index (χ0n) is 19.7. The molecule has 35 heavy (non-hydrogen) atoms. The molecule has 4 aliphatic carbocycles. The predicted octanol–water partition coefficient (Wildman–Crippen LogP) is 5.27. The minimum Gasteiger partial charge on any atom is -0.370 e. The van der Waals surface area contributed by atoms with Crippen molar-refractivity contribution >= 4 is 11.2 Å². The Kier molecular flexibility index (Phi) is 4.32. The van der Waals surface area contributed by atoms with Crippen LogP contribution in [0.4, 0.5) is 13.2 Å². The van der Waals surface area contributed by atoms with Crippen LogP contribution in [0.3, 0.4) is 0 Å². The van der Waals surface area contributed by atoms with Crippen LogP contribution < -0.4 is 0 Å². The molecule has 0 radical (unpaired) electrons. The number of aromatic nitrogens is 6. The first kappa shape index (κ1) is 21.6. The van der Waals surface area contributed by atoms with E-state index in [1.807, 2.05) is 24.7 Å². The van der Waals surface area contributed by atoms with Crippen molar-refractivity contribution < 1.29 is 17.9 Å². The number of rotatable bonds is 4. The van der Waals surface area contributed by atoms with E-state index in [0.29, 0.717) is 35.1 Å². The van der Waals surface area contributed by atoms with Crippen LogP contribution in [0, 0.1) is 12.3 Å². The molecule has 8 rings (SSSR count). The molecule has 7 nitrogen and oxygen atoms in total. The molecular formula is C25H27F3N6O. The Morgan fingerprint density at radius 1 is 1.06 bits per heavy atom. The fourth-order valence-electron chi connectivity index (χ4n) is 6.53. The lowest BCUT2D eigenvalue weighted by Crippen LogP contribution is -2.70. The summed E-state index contributed by atoms with van der Waals surface area (Å²) in [5, 5.41) is 4.52. The van der Waals surface area contributed by atoms with Crippen molar-refractivity contribution in [3.05, 3.63) is 41.4 Å². The zero-order chi connectivity index (χ0) is 24.2. The van der Waals surface area contributed by atoms with Crippen LogP contribution in [0.15, 0.2) is 18.6 Å². The molecule has 4 saturated carbocycles. The van der Waals surface area contributed by atoms with Crippen molar-refractivity contribution in [2.75, 3.05) is 0 Å². The second-order valence-electron chi connectivity index (χ2n) is 11.3. The van der Waals surface area contributed by atoms with Crippen molar-refractivity contribution in [3.8, 4) is 0 Å². The van der Waals surface area contributed by atoms with Gasteiger partial charge in [0.05, 0.1) is 41.2 Å². The zero-order valence-corrected chi connectivity index (χ0v) is 19.7. The van der Waals surface area contributed by atoms with Gasteiger partial charge in [-0.25, -0.2) is 19.9 Å². The molecule has 3 atom stereocenters. The van der Waals surface area contributed by atoms with Gasteiger partial charge in [-0.2, -0.15) is 18.3 Å². The molecule has 5 aliphatic rings. The van der Waals surface area contributed by atoms with Crippen LogP contribution in [-0.4, -0.2) is 42.0 Å². The number of alkyl halides is 3. The highest BCUT2D eigenvalue weighted by atomic mass is 19.4. The standard InChI is InChI=1S/C25H27F3N6O/c1-13-7-29-19-20(23-10-24(11-23,12-23)25(26,27)28)32-21(33-22(19)31-13)15-5-14(2)35-18(6-15)16-8-30-34(9-16)17-3-4-17/h7-9,14-15,17-18H,3-6,10-12H2,1-2H3/t14-,15+,18+,23?,24?/m1/s1. The largest absolute Gasteiger partial charge is 0.394 e. The number of fused-ring (bicyclic) bond motifs is 1. The van der Waals surface area contributed by atoms with Crippen molar-refractivity contribution in [1.82, 2.24) is 29.7 Å². The van der Waals surface area contributed by atoms with Crippen LogP contribution in [0.2, 0.25) is 0 Å². The number of hydrogen-bond acceptors (Lipinski definition) is 6. The summed E-state index contributed by atoms with van der Waals surface area (Å²) in [6.45, 7) is 3.89. The summed E-state index contributed by atoms with van der Waals surface area (Å²) in [5.41, 5.74) is 1.32. The molecule has 0 amide bonds. The third-order valence-electron chi connectivity index (χ3n) is 8.47. The SMILES string of the molecule is Cc1cnc2c(C34CC(C(F)(F)F)(C3)C4)nc([C@H]3C[C@@H](C)O[C@H](c4cnn(C5CC5)c4)C3)nc2n1. The maximum atomic E-state index is 13.6. The fourth-order valence-corrected chi connectivity index (χ4v) is 6.53. The molecule has 2 bridgehead atoms. The van der Waals surface area contributed by atoms with Gasteiger partial charge in [0, 0.05) is 29.3 Å². The molecule has 0 unspecified atom stereocenters. The maximum absolute atomic E-state index is 13.6. The van der Waals surface area contributed by atoms with E-state index in [2.05, 4.69) is 21.3 Å². The average molecular weight is 485 g/mol. The normalized spacial score (nSPS) is 34.5. The second-order valence-corrected chi connectivity index (χ2v) is 11.3. The van der Waals surface area contributed by atoms with Crippen LogP contribution in [0.5, 0.6) is 0 Å². The van der Waals surface area contributed by atoms with Gasteiger partial charge in [-0.15, -0.1) is 0 Å². The quantitative estimate of drug-likeness (QED) is 0.502. The molecule has 4 heterocycles. The Labute approximate surface area is 200 Å². The Bertz CT molecular complexity index is 1310. The summed E-state index contributed by atoms with van der Waals surface area (Å²) in [7, 11) is 0. The molecule has 184 valence electrons. The topological polar surface area (TPSA) is 78.6 Å². The van der Waals surface area contributed by atoms with Gasteiger partial charge in [-0.1, -0.05) is 0 Å². The summed E-state index contributed by atoms with van der Waals surface area (Å²) < 4.78 is 49.0. The summed E-state index contributed by atoms with van der Waals surface area (Å²) in [5.74, 6) is 0.662. The number of hydrogen-bond donors (Lipinski definition) is 0. The smallest absolute Gasteiger partial charge is 0.370 e. The third kappa shape index (κ3) is 3.24. The van der Waals surface area contributed by atoms with E-state index in [0.717, 1.165) is 30.5 Å². The van der Waals surface area contributed by atoms with Gasteiger partial charge < -0.3 is 4.74 Å². The number of nitrogens with zero attached hydrogens (tertiary/aromatic N) is 6. The first-order valence-electron chi connectivity index (χ1n) is 12.4. The van der Waals surface area contributed by atoms with Gasteiger partial charge in [0.15, 0.2) is 5.65 Å². The van der Waals surface area contributed by atoms with Gasteiger partial charge in [0.2, 0.25) is 0 Å². The molecule has 1 saturated heterocycles. The van der Waals surface area contributed by atoms with Crippen LogP contribution >= 0.6 is 0 Å². The van der Waals surface area contributed by atoms with E-state index >= 15 is 0 Å². The lowest BCUT2D eigenvalue weighted by atomic mass is 9.34. The Hall–Kier alpha value is -2.62. The Balaban J connectivity index is 1.24.